The zero-order chi connectivity index (χ0) is 36.7. The van der Waals surface area contributed by atoms with Gasteiger partial charge in [0.1, 0.15) is 0 Å². The Bertz CT molecular complexity index is 2760. The van der Waals surface area contributed by atoms with Gasteiger partial charge in [0.05, 0.1) is 50.6 Å². The van der Waals surface area contributed by atoms with Crippen molar-refractivity contribution in [2.24, 2.45) is 0 Å². The van der Waals surface area contributed by atoms with E-state index in [2.05, 4.69) is 71.9 Å². The van der Waals surface area contributed by atoms with Crippen LogP contribution in [0.2, 0.25) is 0 Å². The molecule has 0 unspecified atom stereocenters. The Labute approximate surface area is 301 Å². The molecule has 2 aromatic heterocycles. The van der Waals surface area contributed by atoms with Gasteiger partial charge >= 0.3 is 6.18 Å². The van der Waals surface area contributed by atoms with Gasteiger partial charge in [0.15, 0.2) is 0 Å². The SMILES string of the molecule is CC(C)(C)c1ccc2c3ccccc3n(-c3cc(C(F)(F)F)c(-n4c5ccccc5c5ccc(C(C)(C)C)cc54)cc3-c3cccc(C#N)c3)c2c1. The number of aromatic nitrogens is 2. The summed E-state index contributed by atoms with van der Waals surface area (Å²) < 4.78 is 51.0. The summed E-state index contributed by atoms with van der Waals surface area (Å²) in [6.07, 6.45) is -4.70. The molecule has 0 bridgehead atoms. The molecule has 8 rings (SSSR count). The smallest absolute Gasteiger partial charge is 0.309 e. The lowest BCUT2D eigenvalue weighted by Crippen LogP contribution is -2.14. The van der Waals surface area contributed by atoms with Crippen molar-refractivity contribution < 1.29 is 13.2 Å². The van der Waals surface area contributed by atoms with Gasteiger partial charge in [-0.15, -0.1) is 0 Å². The second-order valence-corrected chi connectivity index (χ2v) is 15.7. The molecule has 3 nitrogen and oxygen atoms in total. The molecule has 0 aliphatic carbocycles. The largest absolute Gasteiger partial charge is 0.418 e. The first-order valence-corrected chi connectivity index (χ1v) is 17.5. The third-order valence-electron chi connectivity index (χ3n) is 10.3. The van der Waals surface area contributed by atoms with Gasteiger partial charge in [0.2, 0.25) is 0 Å². The van der Waals surface area contributed by atoms with Crippen LogP contribution >= 0.6 is 0 Å². The maximum absolute atomic E-state index is 15.8. The predicted molar refractivity (Wildman–Crippen MR) is 208 cm³/mol. The van der Waals surface area contributed by atoms with Gasteiger partial charge in [-0.1, -0.05) is 114 Å². The summed E-state index contributed by atoms with van der Waals surface area (Å²) in [7, 11) is 0. The van der Waals surface area contributed by atoms with E-state index < -0.39 is 11.7 Å². The zero-order valence-electron chi connectivity index (χ0n) is 30.0. The van der Waals surface area contributed by atoms with Crippen LogP contribution in [0.1, 0.15) is 63.8 Å². The molecule has 0 amide bonds. The summed E-state index contributed by atoms with van der Waals surface area (Å²) in [5.41, 5.74) is 6.02. The van der Waals surface area contributed by atoms with E-state index in [0.717, 1.165) is 43.7 Å². The van der Waals surface area contributed by atoms with Crippen LogP contribution in [0.25, 0.3) is 66.1 Å². The van der Waals surface area contributed by atoms with Gasteiger partial charge in [-0.2, -0.15) is 18.4 Å². The summed E-state index contributed by atoms with van der Waals surface area (Å²) in [6, 6.07) is 40.3. The van der Waals surface area contributed by atoms with E-state index in [1.165, 1.54) is 6.07 Å². The van der Waals surface area contributed by atoms with Gasteiger partial charge in [0, 0.05) is 27.1 Å². The lowest BCUT2D eigenvalue weighted by molar-refractivity contribution is -0.137. The molecule has 8 aromatic rings. The summed E-state index contributed by atoms with van der Waals surface area (Å²) >= 11 is 0. The van der Waals surface area contributed by atoms with E-state index in [1.807, 2.05) is 71.3 Å². The molecular formula is C46H38F3N3. The minimum atomic E-state index is -4.70. The third-order valence-corrected chi connectivity index (χ3v) is 10.3. The Morgan fingerprint density at radius 3 is 1.50 bits per heavy atom. The molecule has 0 radical (unpaired) electrons. The van der Waals surface area contributed by atoms with Crippen molar-refractivity contribution in [2.45, 2.75) is 58.5 Å². The first-order chi connectivity index (χ1) is 24.6. The van der Waals surface area contributed by atoms with Crippen LogP contribution in [0.4, 0.5) is 13.2 Å². The van der Waals surface area contributed by atoms with Crippen molar-refractivity contribution in [1.29, 1.82) is 5.26 Å². The fourth-order valence-electron chi connectivity index (χ4n) is 7.55. The normalized spacial score (nSPS) is 12.7. The Morgan fingerprint density at radius 1 is 0.500 bits per heavy atom. The predicted octanol–water partition coefficient (Wildman–Crippen LogP) is 13.0. The molecule has 258 valence electrons. The number of alkyl halides is 3. The van der Waals surface area contributed by atoms with Crippen LogP contribution in [-0.4, -0.2) is 9.13 Å². The number of fused-ring (bicyclic) bond motifs is 6. The van der Waals surface area contributed by atoms with Gasteiger partial charge in [-0.3, -0.25) is 0 Å². The van der Waals surface area contributed by atoms with E-state index in [4.69, 9.17) is 0 Å². The molecule has 6 aromatic carbocycles. The van der Waals surface area contributed by atoms with Crippen LogP contribution < -0.4 is 0 Å². The summed E-state index contributed by atoms with van der Waals surface area (Å²) in [5.74, 6) is 0. The van der Waals surface area contributed by atoms with Crippen molar-refractivity contribution >= 4 is 43.6 Å². The number of halogens is 3. The second kappa shape index (κ2) is 11.6. The molecule has 52 heavy (non-hydrogen) atoms. The maximum Gasteiger partial charge on any atom is 0.418 e. The van der Waals surface area contributed by atoms with Crippen molar-refractivity contribution in [2.75, 3.05) is 0 Å². The van der Waals surface area contributed by atoms with Crippen LogP contribution in [0.3, 0.4) is 0 Å². The molecule has 0 saturated heterocycles. The van der Waals surface area contributed by atoms with E-state index in [-0.39, 0.29) is 16.5 Å². The number of nitriles is 1. The first-order valence-electron chi connectivity index (χ1n) is 17.5. The molecular weight excluding hydrogens is 652 g/mol. The van der Waals surface area contributed by atoms with Gasteiger partial charge in [-0.05, 0) is 76.1 Å². The third kappa shape index (κ3) is 5.35. The summed E-state index contributed by atoms with van der Waals surface area (Å²) in [6.45, 7) is 12.7. The van der Waals surface area contributed by atoms with E-state index >= 15 is 13.2 Å². The number of hydrogen-bond donors (Lipinski definition) is 0. The molecule has 0 N–H and O–H groups in total. The van der Waals surface area contributed by atoms with Crippen molar-refractivity contribution in [1.82, 2.24) is 9.13 Å². The number of rotatable bonds is 3. The van der Waals surface area contributed by atoms with E-state index in [9.17, 15) is 5.26 Å². The molecule has 0 aliphatic rings. The van der Waals surface area contributed by atoms with Crippen LogP contribution in [0.15, 0.2) is 121 Å². The first kappa shape index (κ1) is 33.3. The average molecular weight is 690 g/mol. The van der Waals surface area contributed by atoms with Gasteiger partial charge < -0.3 is 9.13 Å². The van der Waals surface area contributed by atoms with Crippen molar-refractivity contribution in [3.05, 3.63) is 144 Å². The highest BCUT2D eigenvalue weighted by atomic mass is 19.4. The van der Waals surface area contributed by atoms with E-state index in [1.54, 1.807) is 28.8 Å². The van der Waals surface area contributed by atoms with Gasteiger partial charge in [0.25, 0.3) is 0 Å². The molecule has 0 saturated carbocycles. The highest BCUT2D eigenvalue weighted by Gasteiger charge is 2.37. The molecule has 2 heterocycles. The molecule has 0 spiro atoms. The fraction of sp³-hybridized carbons (Fsp3) is 0.196. The lowest BCUT2D eigenvalue weighted by Gasteiger charge is -2.23. The van der Waals surface area contributed by atoms with Crippen LogP contribution in [0, 0.1) is 11.3 Å². The Balaban J connectivity index is 1.57. The lowest BCUT2D eigenvalue weighted by atomic mass is 9.86. The number of nitrogens with zero attached hydrogens (tertiary/aromatic N) is 3. The van der Waals surface area contributed by atoms with Crippen LogP contribution in [0.5, 0.6) is 0 Å². The van der Waals surface area contributed by atoms with Gasteiger partial charge in [-0.25, -0.2) is 0 Å². The zero-order valence-corrected chi connectivity index (χ0v) is 30.0. The Hall–Kier alpha value is -5.80. The molecule has 0 fully saturated rings. The fourth-order valence-corrected chi connectivity index (χ4v) is 7.55. The summed E-state index contributed by atoms with van der Waals surface area (Å²) in [5, 5.41) is 13.6. The number of hydrogen-bond acceptors (Lipinski definition) is 1. The van der Waals surface area contributed by atoms with E-state index in [0.29, 0.717) is 33.4 Å². The number of para-hydroxylation sites is 2. The minimum Gasteiger partial charge on any atom is -0.309 e. The monoisotopic (exact) mass is 689 g/mol. The Morgan fingerprint density at radius 2 is 1.00 bits per heavy atom. The summed E-state index contributed by atoms with van der Waals surface area (Å²) in [4.78, 5) is 0. The number of benzene rings is 6. The second-order valence-electron chi connectivity index (χ2n) is 15.7. The maximum atomic E-state index is 15.8. The van der Waals surface area contributed by atoms with Crippen molar-refractivity contribution in [3.8, 4) is 28.6 Å². The highest BCUT2D eigenvalue weighted by molar-refractivity contribution is 6.11. The topological polar surface area (TPSA) is 33.6 Å². The highest BCUT2D eigenvalue weighted by Crippen LogP contribution is 2.45. The quantitative estimate of drug-likeness (QED) is 0.182. The standard InChI is InChI=1S/C46H38F3N3/c1-44(2,3)30-18-20-34-32-14-7-9-16-38(32)51(40(34)23-30)42-26-37(46(47,48)49)43(25-36(42)29-13-11-12-28(22-29)27-50)52-39-17-10-8-15-33(39)35-21-19-31(24-41(35)52)45(4,5)6/h7-26H,1-6H3. The Kier molecular flexibility index (Phi) is 7.45. The molecule has 6 heteroatoms. The molecule has 0 aliphatic heterocycles. The average Bonchev–Trinajstić information content (AvgIpc) is 3.62. The van der Waals surface area contributed by atoms with Crippen molar-refractivity contribution in [3.63, 3.8) is 0 Å². The molecule has 0 atom stereocenters. The minimum absolute atomic E-state index is 0.0296. The van der Waals surface area contributed by atoms with Crippen LogP contribution in [-0.2, 0) is 17.0 Å².